The molecule has 5 nitrogen and oxygen atoms in total. The molecular weight excluding hydrogens is 273 g/mol. The highest BCUT2D eigenvalue weighted by Crippen LogP contribution is 2.23. The van der Waals surface area contributed by atoms with Crippen LogP contribution in [0.4, 0.5) is 4.39 Å². The molecule has 0 aliphatic heterocycles. The van der Waals surface area contributed by atoms with Gasteiger partial charge in [0, 0.05) is 12.2 Å². The lowest BCUT2D eigenvalue weighted by Gasteiger charge is -2.19. The maximum Gasteiger partial charge on any atom is 0.258 e. The minimum Gasteiger partial charge on any atom is -0.379 e. The molecule has 1 heterocycles. The third-order valence-electron chi connectivity index (χ3n) is 2.98. The lowest BCUT2D eigenvalue weighted by Crippen LogP contribution is -2.39. The summed E-state index contributed by atoms with van der Waals surface area (Å²) < 4.78 is 24.1. The van der Waals surface area contributed by atoms with Crippen LogP contribution in [0.2, 0.25) is 0 Å². The van der Waals surface area contributed by atoms with E-state index in [1.807, 2.05) is 6.92 Å². The van der Waals surface area contributed by atoms with E-state index < -0.39 is 5.54 Å². The van der Waals surface area contributed by atoms with Gasteiger partial charge in [0.15, 0.2) is 5.82 Å². The second-order valence-electron chi connectivity index (χ2n) is 5.41. The van der Waals surface area contributed by atoms with E-state index >= 15 is 0 Å². The summed E-state index contributed by atoms with van der Waals surface area (Å²) >= 11 is 0. The number of aromatic nitrogens is 2. The zero-order valence-corrected chi connectivity index (χ0v) is 12.5. The highest BCUT2D eigenvalue weighted by Gasteiger charge is 2.28. The first-order valence-electron chi connectivity index (χ1n) is 6.91. The Kier molecular flexibility index (Phi) is 4.69. The number of halogens is 1. The van der Waals surface area contributed by atoms with Crippen LogP contribution in [0.1, 0.15) is 31.7 Å². The molecule has 2 rings (SSSR count). The van der Waals surface area contributed by atoms with Crippen LogP contribution in [0.25, 0.3) is 11.5 Å². The quantitative estimate of drug-likeness (QED) is 0.829. The molecule has 1 aromatic heterocycles. The first kappa shape index (κ1) is 15.6. The van der Waals surface area contributed by atoms with E-state index in [0.717, 1.165) is 12.0 Å². The fourth-order valence-corrected chi connectivity index (χ4v) is 1.93. The third kappa shape index (κ3) is 3.86. The van der Waals surface area contributed by atoms with Crippen molar-refractivity contribution < 1.29 is 13.7 Å². The Morgan fingerprint density at radius 1 is 1.38 bits per heavy atom. The summed E-state index contributed by atoms with van der Waals surface area (Å²) in [4.78, 5) is 4.26. The van der Waals surface area contributed by atoms with Crippen molar-refractivity contribution in [3.8, 4) is 11.5 Å². The third-order valence-corrected chi connectivity index (χ3v) is 2.98. The molecule has 0 bridgehead atoms. The van der Waals surface area contributed by atoms with Crippen molar-refractivity contribution in [2.75, 3.05) is 13.2 Å². The molecule has 114 valence electrons. The lowest BCUT2D eigenvalue weighted by atomic mass is 10.1. The zero-order valence-electron chi connectivity index (χ0n) is 12.5. The molecule has 2 N–H and O–H groups in total. The summed E-state index contributed by atoms with van der Waals surface area (Å²) in [5, 5.41) is 3.89. The van der Waals surface area contributed by atoms with Crippen molar-refractivity contribution >= 4 is 0 Å². The second-order valence-corrected chi connectivity index (χ2v) is 5.41. The van der Waals surface area contributed by atoms with E-state index in [2.05, 4.69) is 10.1 Å². The number of benzene rings is 1. The van der Waals surface area contributed by atoms with Crippen molar-refractivity contribution in [3.05, 3.63) is 35.4 Å². The van der Waals surface area contributed by atoms with Gasteiger partial charge in [0.1, 0.15) is 11.4 Å². The average Bonchev–Trinajstić information content (AvgIpc) is 2.88. The Labute approximate surface area is 123 Å². The standard InChI is InChI=1S/C15H20FN3O2/c1-4-5-20-9-15(3,17)14-18-13(21-19-14)11-6-10(2)7-12(16)8-11/h6-8H,4-5,9,17H2,1-3H3. The van der Waals surface area contributed by atoms with Gasteiger partial charge in [-0.2, -0.15) is 4.98 Å². The van der Waals surface area contributed by atoms with Crippen LogP contribution in [-0.4, -0.2) is 23.4 Å². The highest BCUT2D eigenvalue weighted by molar-refractivity contribution is 5.54. The van der Waals surface area contributed by atoms with Gasteiger partial charge in [-0.1, -0.05) is 12.1 Å². The van der Waals surface area contributed by atoms with E-state index in [1.54, 1.807) is 19.9 Å². The van der Waals surface area contributed by atoms with Crippen LogP contribution in [0.5, 0.6) is 0 Å². The van der Waals surface area contributed by atoms with Crippen LogP contribution < -0.4 is 5.73 Å². The maximum absolute atomic E-state index is 13.4. The van der Waals surface area contributed by atoms with Crippen LogP contribution >= 0.6 is 0 Å². The molecule has 0 radical (unpaired) electrons. The molecule has 6 heteroatoms. The number of aryl methyl sites for hydroxylation is 1. The van der Waals surface area contributed by atoms with Crippen molar-refractivity contribution in [3.63, 3.8) is 0 Å². The predicted molar refractivity (Wildman–Crippen MR) is 77.1 cm³/mol. The summed E-state index contributed by atoms with van der Waals surface area (Å²) in [5.41, 5.74) is 6.62. The van der Waals surface area contributed by atoms with Gasteiger partial charge < -0.3 is 15.0 Å². The first-order valence-corrected chi connectivity index (χ1v) is 6.91. The van der Waals surface area contributed by atoms with Gasteiger partial charge in [-0.3, -0.25) is 0 Å². The monoisotopic (exact) mass is 293 g/mol. The molecule has 0 fully saturated rings. The largest absolute Gasteiger partial charge is 0.379 e. The topological polar surface area (TPSA) is 74.2 Å². The Morgan fingerprint density at radius 3 is 2.81 bits per heavy atom. The Hall–Kier alpha value is -1.79. The summed E-state index contributed by atoms with van der Waals surface area (Å²) in [6, 6.07) is 4.57. The molecule has 2 aromatic rings. The maximum atomic E-state index is 13.4. The van der Waals surface area contributed by atoms with Gasteiger partial charge in [0.05, 0.1) is 6.61 Å². The molecule has 0 spiro atoms. The van der Waals surface area contributed by atoms with Crippen molar-refractivity contribution in [2.45, 2.75) is 32.7 Å². The highest BCUT2D eigenvalue weighted by atomic mass is 19.1. The number of rotatable bonds is 6. The van der Waals surface area contributed by atoms with E-state index in [-0.39, 0.29) is 11.7 Å². The van der Waals surface area contributed by atoms with Crippen LogP contribution in [0, 0.1) is 12.7 Å². The van der Waals surface area contributed by atoms with Gasteiger partial charge in [0.2, 0.25) is 0 Å². The SMILES string of the molecule is CCCOCC(C)(N)c1noc(-c2cc(C)cc(F)c2)n1. The Balaban J connectivity index is 2.20. The number of hydrogen-bond acceptors (Lipinski definition) is 5. The number of hydrogen-bond donors (Lipinski definition) is 1. The van der Waals surface area contributed by atoms with Crippen molar-refractivity contribution in [1.29, 1.82) is 0 Å². The van der Waals surface area contributed by atoms with E-state index in [9.17, 15) is 4.39 Å². The van der Waals surface area contributed by atoms with Crippen LogP contribution in [-0.2, 0) is 10.3 Å². The fraction of sp³-hybridized carbons (Fsp3) is 0.467. The minimum atomic E-state index is -0.848. The Bertz CT molecular complexity index is 590. The molecule has 0 saturated heterocycles. The normalized spacial score (nSPS) is 14.1. The van der Waals surface area contributed by atoms with E-state index in [4.69, 9.17) is 15.0 Å². The minimum absolute atomic E-state index is 0.250. The van der Waals surface area contributed by atoms with Gasteiger partial charge in [-0.15, -0.1) is 0 Å². The first-order chi connectivity index (χ1) is 9.92. The molecule has 0 saturated carbocycles. The van der Waals surface area contributed by atoms with Crippen LogP contribution in [0.15, 0.2) is 22.7 Å². The predicted octanol–water partition coefficient (Wildman–Crippen LogP) is 2.78. The summed E-state index contributed by atoms with van der Waals surface area (Å²) in [5.74, 6) is 0.252. The van der Waals surface area contributed by atoms with Gasteiger partial charge in [0.25, 0.3) is 5.89 Å². The zero-order chi connectivity index (χ0) is 15.5. The van der Waals surface area contributed by atoms with Gasteiger partial charge in [-0.05, 0) is 44.0 Å². The summed E-state index contributed by atoms with van der Waals surface area (Å²) in [6.07, 6.45) is 0.913. The van der Waals surface area contributed by atoms with Gasteiger partial charge in [-0.25, -0.2) is 4.39 Å². The molecule has 1 atom stereocenters. The van der Waals surface area contributed by atoms with Gasteiger partial charge >= 0.3 is 0 Å². The smallest absolute Gasteiger partial charge is 0.258 e. The molecule has 0 amide bonds. The van der Waals surface area contributed by atoms with Crippen LogP contribution in [0.3, 0.4) is 0 Å². The molecular formula is C15H20FN3O2. The van der Waals surface area contributed by atoms with E-state index in [1.165, 1.54) is 12.1 Å². The molecule has 0 aliphatic rings. The van der Waals surface area contributed by atoms with Crippen molar-refractivity contribution in [1.82, 2.24) is 10.1 Å². The lowest BCUT2D eigenvalue weighted by molar-refractivity contribution is 0.0867. The Morgan fingerprint density at radius 2 is 2.14 bits per heavy atom. The number of ether oxygens (including phenoxy) is 1. The molecule has 0 aliphatic carbocycles. The fourth-order valence-electron chi connectivity index (χ4n) is 1.93. The summed E-state index contributed by atoms with van der Waals surface area (Å²) in [7, 11) is 0. The number of nitrogens with zero attached hydrogens (tertiary/aromatic N) is 2. The summed E-state index contributed by atoms with van der Waals surface area (Å²) in [6.45, 7) is 6.51. The second kappa shape index (κ2) is 6.32. The van der Waals surface area contributed by atoms with E-state index in [0.29, 0.717) is 24.6 Å². The average molecular weight is 293 g/mol. The molecule has 21 heavy (non-hydrogen) atoms. The number of nitrogens with two attached hydrogens (primary N) is 1. The van der Waals surface area contributed by atoms with Crippen molar-refractivity contribution in [2.24, 2.45) is 5.73 Å². The molecule has 1 unspecified atom stereocenters. The molecule has 1 aromatic carbocycles.